The number of isocyanates is 1. The van der Waals surface area contributed by atoms with E-state index in [-0.39, 0.29) is 11.3 Å². The van der Waals surface area contributed by atoms with E-state index in [9.17, 15) is 14.4 Å². The molecule has 1 N–H and O–H groups in total. The monoisotopic (exact) mass is 313 g/mol. The summed E-state index contributed by atoms with van der Waals surface area (Å²) in [6.07, 6.45) is 0.342. The first-order chi connectivity index (χ1) is 9.57. The summed E-state index contributed by atoms with van der Waals surface area (Å²) in [5.41, 5.74) is -0.622. The predicted molar refractivity (Wildman–Crippen MR) is 77.4 cm³/mol. The van der Waals surface area contributed by atoms with E-state index in [1.54, 1.807) is 20.8 Å². The SMILES string of the molecule is CC(C)(C)OC(=O)NC1C(=O)N2C(N=C=O)C(C)(C)S[C@H]12. The molecule has 2 fully saturated rings. The van der Waals surface area contributed by atoms with Crippen LogP contribution >= 0.6 is 11.8 Å². The number of hydrogen-bond acceptors (Lipinski definition) is 6. The number of amides is 2. The molecule has 0 aliphatic carbocycles. The lowest BCUT2D eigenvalue weighted by Crippen LogP contribution is -2.69. The Bertz CT molecular complexity index is 522. The van der Waals surface area contributed by atoms with Crippen molar-refractivity contribution >= 4 is 29.8 Å². The number of carbonyl (C=O) groups is 2. The number of carbonyl (C=O) groups excluding carboxylic acids is 3. The van der Waals surface area contributed by atoms with E-state index in [1.165, 1.54) is 22.7 Å². The Hall–Kier alpha value is -1.53. The zero-order valence-electron chi connectivity index (χ0n) is 12.7. The van der Waals surface area contributed by atoms with Gasteiger partial charge in [0.05, 0.1) is 4.75 Å². The molecular weight excluding hydrogens is 294 g/mol. The number of nitrogens with zero attached hydrogens (tertiary/aromatic N) is 2. The zero-order valence-corrected chi connectivity index (χ0v) is 13.5. The van der Waals surface area contributed by atoms with E-state index in [1.807, 2.05) is 13.8 Å². The van der Waals surface area contributed by atoms with Gasteiger partial charge < -0.3 is 15.0 Å². The van der Waals surface area contributed by atoms with Crippen molar-refractivity contribution in [2.24, 2.45) is 4.99 Å². The number of aliphatic imine (C=N–C) groups is 1. The first kappa shape index (κ1) is 15.9. The smallest absolute Gasteiger partial charge is 0.408 e. The Kier molecular flexibility index (Phi) is 3.80. The summed E-state index contributed by atoms with van der Waals surface area (Å²) in [4.78, 5) is 39.7. The Balaban J connectivity index is 2.06. The van der Waals surface area contributed by atoms with Crippen molar-refractivity contribution in [3.05, 3.63) is 0 Å². The van der Waals surface area contributed by atoms with E-state index in [0.717, 1.165) is 0 Å². The van der Waals surface area contributed by atoms with E-state index < -0.39 is 28.6 Å². The van der Waals surface area contributed by atoms with Gasteiger partial charge in [-0.05, 0) is 34.6 Å². The lowest BCUT2D eigenvalue weighted by atomic mass is 10.0. The van der Waals surface area contributed by atoms with Crippen LogP contribution in [0, 0.1) is 0 Å². The van der Waals surface area contributed by atoms with Crippen molar-refractivity contribution in [2.45, 2.75) is 62.5 Å². The van der Waals surface area contributed by atoms with E-state index >= 15 is 0 Å². The fourth-order valence-corrected chi connectivity index (χ4v) is 3.98. The largest absolute Gasteiger partial charge is 0.444 e. The van der Waals surface area contributed by atoms with Crippen molar-refractivity contribution in [1.29, 1.82) is 0 Å². The molecule has 0 radical (unpaired) electrons. The molecule has 7 nitrogen and oxygen atoms in total. The molecule has 2 aliphatic rings. The highest BCUT2D eigenvalue weighted by Gasteiger charge is 2.62. The van der Waals surface area contributed by atoms with Crippen molar-refractivity contribution in [1.82, 2.24) is 10.2 Å². The van der Waals surface area contributed by atoms with Gasteiger partial charge in [0.2, 0.25) is 6.08 Å². The van der Waals surface area contributed by atoms with Crippen molar-refractivity contribution in [3.63, 3.8) is 0 Å². The molecule has 116 valence electrons. The van der Waals surface area contributed by atoms with Gasteiger partial charge in [-0.2, -0.15) is 4.99 Å². The van der Waals surface area contributed by atoms with Crippen molar-refractivity contribution in [3.8, 4) is 0 Å². The summed E-state index contributed by atoms with van der Waals surface area (Å²) in [7, 11) is 0. The predicted octanol–water partition coefficient (Wildman–Crippen LogP) is 1.24. The van der Waals surface area contributed by atoms with E-state index in [2.05, 4.69) is 10.3 Å². The number of ether oxygens (including phenoxy) is 1. The van der Waals surface area contributed by atoms with Gasteiger partial charge in [-0.25, -0.2) is 9.59 Å². The third-order valence-electron chi connectivity index (χ3n) is 3.24. The average molecular weight is 313 g/mol. The molecule has 21 heavy (non-hydrogen) atoms. The third-order valence-corrected chi connectivity index (χ3v) is 4.80. The Labute approximate surface area is 127 Å². The summed E-state index contributed by atoms with van der Waals surface area (Å²) >= 11 is 1.50. The van der Waals surface area contributed by atoms with Crippen LogP contribution in [0.3, 0.4) is 0 Å². The molecule has 0 aromatic rings. The summed E-state index contributed by atoms with van der Waals surface area (Å²) in [6, 6.07) is -0.643. The van der Waals surface area contributed by atoms with Gasteiger partial charge in [0.25, 0.3) is 5.91 Å². The molecule has 2 amide bonds. The quantitative estimate of drug-likeness (QED) is 0.471. The number of hydrogen-bond donors (Lipinski definition) is 1. The molecule has 0 aromatic heterocycles. The van der Waals surface area contributed by atoms with Crippen LogP contribution in [-0.4, -0.2) is 50.9 Å². The standard InChI is InChI=1S/C13H19N3O4S/c1-12(2,3)20-11(19)15-7-8(18)16-9(7)21-13(4,5)10(16)14-6-17/h7,9-10H,1-5H3,(H,15,19)/t7?,9-,10?/m1/s1. The summed E-state index contributed by atoms with van der Waals surface area (Å²) in [6.45, 7) is 9.07. The molecule has 2 saturated heterocycles. The van der Waals surface area contributed by atoms with Crippen LogP contribution in [0.4, 0.5) is 4.79 Å². The van der Waals surface area contributed by atoms with Crippen molar-refractivity contribution < 1.29 is 19.1 Å². The van der Waals surface area contributed by atoms with Crippen LogP contribution in [-0.2, 0) is 14.3 Å². The molecule has 0 spiro atoms. The summed E-state index contributed by atoms with van der Waals surface area (Å²) < 4.78 is 4.75. The van der Waals surface area contributed by atoms with Crippen LogP contribution in [0.5, 0.6) is 0 Å². The van der Waals surface area contributed by atoms with Crippen LogP contribution in [0.25, 0.3) is 0 Å². The first-order valence-electron chi connectivity index (χ1n) is 6.63. The molecule has 8 heteroatoms. The van der Waals surface area contributed by atoms with Crippen LogP contribution in [0.1, 0.15) is 34.6 Å². The van der Waals surface area contributed by atoms with Gasteiger partial charge in [-0.3, -0.25) is 4.79 Å². The molecule has 2 heterocycles. The van der Waals surface area contributed by atoms with Gasteiger partial charge >= 0.3 is 6.09 Å². The van der Waals surface area contributed by atoms with E-state index in [0.29, 0.717) is 0 Å². The maximum Gasteiger partial charge on any atom is 0.408 e. The average Bonchev–Trinajstić information content (AvgIpc) is 2.54. The maximum absolute atomic E-state index is 12.2. The van der Waals surface area contributed by atoms with Crippen LogP contribution in [0.2, 0.25) is 0 Å². The second kappa shape index (κ2) is 5.03. The highest BCUT2D eigenvalue weighted by molar-refractivity contribution is 8.01. The maximum atomic E-state index is 12.2. The normalized spacial score (nSPS) is 30.0. The minimum absolute atomic E-state index is 0.234. The Morgan fingerprint density at radius 1 is 1.48 bits per heavy atom. The number of β-lactam (4-membered cyclic amide) rings is 1. The fraction of sp³-hybridized carbons (Fsp3) is 0.769. The number of nitrogens with one attached hydrogen (secondary N) is 1. The number of fused-ring (bicyclic) bond motifs is 1. The Morgan fingerprint density at radius 2 is 2.10 bits per heavy atom. The minimum atomic E-state index is -0.643. The molecule has 2 aliphatic heterocycles. The van der Waals surface area contributed by atoms with E-state index in [4.69, 9.17) is 4.74 Å². The molecule has 0 aromatic carbocycles. The highest BCUT2D eigenvalue weighted by Crippen LogP contribution is 2.51. The number of thioether (sulfide) groups is 1. The van der Waals surface area contributed by atoms with Gasteiger partial charge in [0.15, 0.2) is 6.17 Å². The third kappa shape index (κ3) is 2.91. The van der Waals surface area contributed by atoms with Crippen molar-refractivity contribution in [2.75, 3.05) is 0 Å². The Morgan fingerprint density at radius 3 is 2.62 bits per heavy atom. The molecule has 0 bridgehead atoms. The topological polar surface area (TPSA) is 88.1 Å². The molecule has 0 saturated carbocycles. The number of rotatable bonds is 2. The lowest BCUT2D eigenvalue weighted by molar-refractivity contribution is -0.148. The molecule has 2 unspecified atom stereocenters. The number of alkyl carbamates (subject to hydrolysis) is 1. The first-order valence-corrected chi connectivity index (χ1v) is 7.51. The summed E-state index contributed by atoms with van der Waals surface area (Å²) in [5.74, 6) is -0.257. The molecule has 3 atom stereocenters. The second-order valence-electron chi connectivity index (χ2n) is 6.58. The summed E-state index contributed by atoms with van der Waals surface area (Å²) in [5, 5.41) is 2.35. The van der Waals surface area contributed by atoms with Gasteiger partial charge in [0, 0.05) is 0 Å². The van der Waals surface area contributed by atoms with Gasteiger partial charge in [-0.1, -0.05) is 0 Å². The molecule has 2 rings (SSSR count). The van der Waals surface area contributed by atoms with Gasteiger partial charge in [-0.15, -0.1) is 11.8 Å². The van der Waals surface area contributed by atoms with Crippen LogP contribution in [0.15, 0.2) is 4.99 Å². The molecular formula is C13H19N3O4S. The lowest BCUT2D eigenvalue weighted by Gasteiger charge is -2.43. The minimum Gasteiger partial charge on any atom is -0.444 e. The van der Waals surface area contributed by atoms with Crippen LogP contribution < -0.4 is 5.32 Å². The fourth-order valence-electron chi connectivity index (χ4n) is 2.41. The highest BCUT2D eigenvalue weighted by atomic mass is 32.2. The van der Waals surface area contributed by atoms with Gasteiger partial charge in [0.1, 0.15) is 17.0 Å². The zero-order chi connectivity index (χ0) is 16.0. The second-order valence-corrected chi connectivity index (χ2v) is 8.35.